The molecule has 0 aliphatic heterocycles. The fraction of sp³-hybridized carbons (Fsp3) is 0.538. The van der Waals surface area contributed by atoms with Crippen LogP contribution in [0, 0.1) is 0 Å². The first-order valence-electron chi connectivity index (χ1n) is 6.52. The first-order valence-corrected chi connectivity index (χ1v) is 8.28. The number of anilines is 1. The van der Waals surface area contributed by atoms with E-state index in [2.05, 4.69) is 33.7 Å². The third kappa shape index (κ3) is 2.47. The predicted molar refractivity (Wildman–Crippen MR) is 79.7 cm³/mol. The van der Waals surface area contributed by atoms with E-state index in [1.54, 1.807) is 11.3 Å². The summed E-state index contributed by atoms with van der Waals surface area (Å²) < 4.78 is 1.24. The van der Waals surface area contributed by atoms with Crippen molar-refractivity contribution in [1.29, 1.82) is 0 Å². The molecule has 0 unspecified atom stereocenters. The molecule has 3 rings (SSSR count). The Balaban J connectivity index is 1.93. The third-order valence-electron chi connectivity index (χ3n) is 3.19. The van der Waals surface area contributed by atoms with Crippen LogP contribution in [0.5, 0.6) is 0 Å². The zero-order chi connectivity index (χ0) is 12.4. The second-order valence-electron chi connectivity index (χ2n) is 4.54. The number of rotatable bonds is 4. The molecule has 2 aromatic rings. The number of thiophene rings is 1. The smallest absolute Gasteiger partial charge is 0.224 e. The summed E-state index contributed by atoms with van der Waals surface area (Å²) >= 11 is 3.70. The topological polar surface area (TPSA) is 37.8 Å². The maximum Gasteiger partial charge on any atom is 0.224 e. The maximum absolute atomic E-state index is 4.68. The molecule has 1 aliphatic carbocycles. The van der Waals surface area contributed by atoms with E-state index in [-0.39, 0.29) is 0 Å². The molecule has 2 aromatic heterocycles. The molecule has 0 amide bonds. The van der Waals surface area contributed by atoms with Crippen molar-refractivity contribution in [3.05, 3.63) is 11.4 Å². The van der Waals surface area contributed by atoms with Crippen LogP contribution in [0.3, 0.4) is 0 Å². The lowest BCUT2D eigenvalue weighted by Gasteiger charge is -2.10. The van der Waals surface area contributed by atoms with E-state index in [9.17, 15) is 0 Å². The van der Waals surface area contributed by atoms with Crippen LogP contribution in [0.1, 0.15) is 32.6 Å². The Labute approximate surface area is 115 Å². The molecule has 0 spiro atoms. The van der Waals surface area contributed by atoms with Crippen molar-refractivity contribution >= 4 is 39.3 Å². The number of aromatic nitrogens is 2. The average Bonchev–Trinajstić information content (AvgIpc) is 2.99. The molecule has 1 saturated carbocycles. The highest BCUT2D eigenvalue weighted by atomic mass is 32.2. The Hall–Kier alpha value is -0.810. The van der Waals surface area contributed by atoms with Crippen LogP contribution in [0.2, 0.25) is 0 Å². The molecule has 18 heavy (non-hydrogen) atoms. The monoisotopic (exact) mass is 279 g/mol. The van der Waals surface area contributed by atoms with Crippen LogP contribution in [0.4, 0.5) is 5.95 Å². The van der Waals surface area contributed by atoms with Gasteiger partial charge in [-0.15, -0.1) is 23.1 Å². The van der Waals surface area contributed by atoms with E-state index < -0.39 is 0 Å². The molecule has 96 valence electrons. The zero-order valence-corrected chi connectivity index (χ0v) is 12.1. The van der Waals surface area contributed by atoms with Gasteiger partial charge in [-0.2, -0.15) is 0 Å². The molecule has 0 aromatic carbocycles. The van der Waals surface area contributed by atoms with Gasteiger partial charge in [-0.25, -0.2) is 9.97 Å². The lowest BCUT2D eigenvalue weighted by atomic mass is 10.4. The van der Waals surface area contributed by atoms with Crippen LogP contribution in [-0.4, -0.2) is 21.8 Å². The van der Waals surface area contributed by atoms with Crippen molar-refractivity contribution in [2.75, 3.05) is 11.9 Å². The summed E-state index contributed by atoms with van der Waals surface area (Å²) in [5, 5.41) is 7.24. The molecular weight excluding hydrogens is 262 g/mol. The molecule has 3 nitrogen and oxygen atoms in total. The Kier molecular flexibility index (Phi) is 3.70. The largest absolute Gasteiger partial charge is 0.354 e. The molecule has 0 radical (unpaired) electrons. The molecule has 2 heterocycles. The highest BCUT2D eigenvalue weighted by molar-refractivity contribution is 8.00. The number of hydrogen-bond acceptors (Lipinski definition) is 5. The average molecular weight is 279 g/mol. The van der Waals surface area contributed by atoms with E-state index in [4.69, 9.17) is 0 Å². The van der Waals surface area contributed by atoms with Gasteiger partial charge in [0, 0.05) is 11.8 Å². The van der Waals surface area contributed by atoms with Gasteiger partial charge in [-0.3, -0.25) is 0 Å². The van der Waals surface area contributed by atoms with Gasteiger partial charge in [0.15, 0.2) is 0 Å². The molecule has 0 atom stereocenters. The number of nitrogens with one attached hydrogen (secondary N) is 1. The van der Waals surface area contributed by atoms with Gasteiger partial charge in [0.2, 0.25) is 5.95 Å². The van der Waals surface area contributed by atoms with Gasteiger partial charge in [0.05, 0.1) is 10.2 Å². The minimum absolute atomic E-state index is 0.750. The van der Waals surface area contributed by atoms with Gasteiger partial charge in [-0.1, -0.05) is 12.8 Å². The van der Waals surface area contributed by atoms with Crippen LogP contribution >= 0.6 is 23.1 Å². The summed E-state index contributed by atoms with van der Waals surface area (Å²) in [7, 11) is 0. The van der Waals surface area contributed by atoms with Crippen LogP contribution in [0.25, 0.3) is 10.2 Å². The van der Waals surface area contributed by atoms with Crippen molar-refractivity contribution in [2.45, 2.75) is 42.9 Å². The maximum atomic E-state index is 4.68. The molecule has 5 heteroatoms. The first kappa shape index (κ1) is 12.2. The number of fused-ring (bicyclic) bond motifs is 1. The summed E-state index contributed by atoms with van der Waals surface area (Å²) in [4.78, 5) is 9.21. The highest BCUT2D eigenvalue weighted by Crippen LogP contribution is 2.38. The van der Waals surface area contributed by atoms with Gasteiger partial charge >= 0.3 is 0 Å². The summed E-state index contributed by atoms with van der Waals surface area (Å²) in [6.45, 7) is 2.94. The minimum Gasteiger partial charge on any atom is -0.354 e. The van der Waals surface area contributed by atoms with Crippen molar-refractivity contribution in [2.24, 2.45) is 0 Å². The summed E-state index contributed by atoms with van der Waals surface area (Å²) in [6, 6.07) is 2.08. The van der Waals surface area contributed by atoms with Crippen molar-refractivity contribution in [3.8, 4) is 0 Å². The van der Waals surface area contributed by atoms with Crippen molar-refractivity contribution < 1.29 is 0 Å². The van der Waals surface area contributed by atoms with E-state index in [1.807, 2.05) is 11.8 Å². The lowest BCUT2D eigenvalue weighted by molar-refractivity contribution is 0.886. The molecular formula is C13H17N3S2. The van der Waals surface area contributed by atoms with Crippen LogP contribution in [0.15, 0.2) is 16.5 Å². The van der Waals surface area contributed by atoms with E-state index in [0.717, 1.165) is 28.3 Å². The van der Waals surface area contributed by atoms with E-state index in [1.165, 1.54) is 30.4 Å². The fourth-order valence-corrected chi connectivity index (χ4v) is 4.56. The first-order chi connectivity index (χ1) is 8.86. The molecule has 1 N–H and O–H groups in total. The fourth-order valence-electron chi connectivity index (χ4n) is 2.32. The second kappa shape index (κ2) is 5.45. The highest BCUT2D eigenvalue weighted by Gasteiger charge is 2.19. The molecule has 0 bridgehead atoms. The SMILES string of the molecule is CCNc1nc(SC2CCCC2)c2sccc2n1. The van der Waals surface area contributed by atoms with Gasteiger partial charge in [0.1, 0.15) is 5.03 Å². The Morgan fingerprint density at radius 3 is 3.00 bits per heavy atom. The normalized spacial score (nSPS) is 16.5. The predicted octanol–water partition coefficient (Wildman–Crippen LogP) is 4.16. The minimum atomic E-state index is 0.750. The number of nitrogens with zero attached hydrogens (tertiary/aromatic N) is 2. The lowest BCUT2D eigenvalue weighted by Crippen LogP contribution is -2.03. The Morgan fingerprint density at radius 2 is 2.22 bits per heavy atom. The number of thioether (sulfide) groups is 1. The van der Waals surface area contributed by atoms with Gasteiger partial charge in [0.25, 0.3) is 0 Å². The third-order valence-corrected chi connectivity index (χ3v) is 5.55. The van der Waals surface area contributed by atoms with Crippen molar-refractivity contribution in [3.63, 3.8) is 0 Å². The Morgan fingerprint density at radius 1 is 1.39 bits per heavy atom. The quantitative estimate of drug-likeness (QED) is 0.853. The second-order valence-corrected chi connectivity index (χ2v) is 6.75. The Bertz CT molecular complexity index is 532. The summed E-state index contributed by atoms with van der Waals surface area (Å²) in [6.07, 6.45) is 5.41. The van der Waals surface area contributed by atoms with E-state index in [0.29, 0.717) is 0 Å². The van der Waals surface area contributed by atoms with Gasteiger partial charge < -0.3 is 5.32 Å². The zero-order valence-electron chi connectivity index (χ0n) is 10.5. The summed E-state index contributed by atoms with van der Waals surface area (Å²) in [5.74, 6) is 0.767. The van der Waals surface area contributed by atoms with Crippen LogP contribution < -0.4 is 5.32 Å². The van der Waals surface area contributed by atoms with Crippen LogP contribution in [-0.2, 0) is 0 Å². The molecule has 0 saturated heterocycles. The number of hydrogen-bond donors (Lipinski definition) is 1. The van der Waals surface area contributed by atoms with Crippen molar-refractivity contribution in [1.82, 2.24) is 9.97 Å². The summed E-state index contributed by atoms with van der Waals surface area (Å²) in [5.41, 5.74) is 1.08. The van der Waals surface area contributed by atoms with Gasteiger partial charge in [-0.05, 0) is 31.2 Å². The molecule has 1 fully saturated rings. The van der Waals surface area contributed by atoms with E-state index >= 15 is 0 Å². The molecule has 1 aliphatic rings. The standard InChI is InChI=1S/C13H17N3S2/c1-2-14-13-15-10-7-8-17-11(10)12(16-13)18-9-5-3-4-6-9/h7-9H,2-6H2,1H3,(H,14,15,16).